The topological polar surface area (TPSA) is 16.6 Å². The van der Waals surface area contributed by atoms with Crippen LogP contribution < -0.4 is 17.7 Å². The zero-order valence-electron chi connectivity index (χ0n) is 6.99. The van der Waals surface area contributed by atoms with Crippen LogP contribution in [0.15, 0.2) is 0 Å². The lowest BCUT2D eigenvalue weighted by Crippen LogP contribution is -3.00. The van der Waals surface area contributed by atoms with E-state index in [2.05, 4.69) is 0 Å². The Bertz CT molecular complexity index is 109. The van der Waals surface area contributed by atoms with Gasteiger partial charge >= 0.3 is 5.51 Å². The molecular formula is C6H13ClF3NS. The van der Waals surface area contributed by atoms with Crippen LogP contribution in [0.4, 0.5) is 13.2 Å². The van der Waals surface area contributed by atoms with Crippen molar-refractivity contribution in [3.05, 3.63) is 0 Å². The Morgan fingerprint density at radius 3 is 2.25 bits per heavy atom. The van der Waals surface area contributed by atoms with Crippen molar-refractivity contribution in [3.63, 3.8) is 0 Å². The molecule has 0 saturated carbocycles. The number of hydrogen-bond acceptors (Lipinski definition) is 1. The minimum atomic E-state index is -4.07. The second kappa shape index (κ2) is 6.86. The molecule has 0 rings (SSSR count). The molecule has 0 radical (unpaired) electrons. The molecule has 6 heteroatoms. The summed E-state index contributed by atoms with van der Waals surface area (Å²) in [6.45, 7) is 4.55. The number of quaternary nitrogens is 1. The molecule has 1 nitrogen and oxygen atoms in total. The molecule has 0 saturated heterocycles. The van der Waals surface area contributed by atoms with Gasteiger partial charge in [0, 0.05) is 0 Å². The van der Waals surface area contributed by atoms with Gasteiger partial charge < -0.3 is 17.7 Å². The third kappa shape index (κ3) is 10.4. The first-order valence-corrected chi connectivity index (χ1v) is 4.48. The second-order valence-electron chi connectivity index (χ2n) is 2.38. The lowest BCUT2D eigenvalue weighted by atomic mass is 10.4. The summed E-state index contributed by atoms with van der Waals surface area (Å²) in [4.78, 5) is 0. The van der Waals surface area contributed by atoms with E-state index in [1.165, 1.54) is 0 Å². The molecule has 0 heterocycles. The summed E-state index contributed by atoms with van der Waals surface area (Å²) in [5.41, 5.74) is -4.07. The van der Waals surface area contributed by atoms with E-state index in [0.717, 1.165) is 6.54 Å². The van der Waals surface area contributed by atoms with E-state index in [0.29, 0.717) is 0 Å². The molecule has 1 atom stereocenters. The highest BCUT2D eigenvalue weighted by Crippen LogP contribution is 2.29. The van der Waals surface area contributed by atoms with Gasteiger partial charge in [-0.15, -0.1) is 0 Å². The van der Waals surface area contributed by atoms with Gasteiger partial charge in [0.15, 0.2) is 0 Å². The highest BCUT2D eigenvalue weighted by atomic mass is 35.5. The molecule has 0 aliphatic heterocycles. The van der Waals surface area contributed by atoms with Gasteiger partial charge in [0.05, 0.1) is 18.3 Å². The van der Waals surface area contributed by atoms with Crippen LogP contribution in [0.3, 0.4) is 0 Å². The van der Waals surface area contributed by atoms with E-state index < -0.39 is 5.51 Å². The highest BCUT2D eigenvalue weighted by molar-refractivity contribution is 8.00. The maximum atomic E-state index is 11.6. The van der Waals surface area contributed by atoms with Crippen molar-refractivity contribution >= 4 is 11.8 Å². The Labute approximate surface area is 80.9 Å². The minimum Gasteiger partial charge on any atom is -1.00 e. The fourth-order valence-corrected chi connectivity index (χ4v) is 1.28. The van der Waals surface area contributed by atoms with Crippen LogP contribution in [-0.2, 0) is 0 Å². The van der Waals surface area contributed by atoms with Gasteiger partial charge in [-0.05, 0) is 25.6 Å². The normalized spacial score (nSPS) is 13.8. The van der Waals surface area contributed by atoms with Crippen LogP contribution in [0.5, 0.6) is 0 Å². The van der Waals surface area contributed by atoms with Crippen LogP contribution >= 0.6 is 11.8 Å². The molecule has 0 aliphatic rings. The van der Waals surface area contributed by atoms with Gasteiger partial charge in [0.2, 0.25) is 0 Å². The predicted octanol–water partition coefficient (Wildman–Crippen LogP) is -1.78. The Balaban J connectivity index is 0. The van der Waals surface area contributed by atoms with Gasteiger partial charge in [-0.3, -0.25) is 0 Å². The van der Waals surface area contributed by atoms with E-state index in [4.69, 9.17) is 0 Å². The quantitative estimate of drug-likeness (QED) is 0.596. The van der Waals surface area contributed by atoms with Gasteiger partial charge in [-0.25, -0.2) is 0 Å². The Kier molecular flexibility index (Phi) is 8.51. The van der Waals surface area contributed by atoms with Crippen LogP contribution in [0.2, 0.25) is 0 Å². The second-order valence-corrected chi connectivity index (χ2v) is 3.46. The summed E-state index contributed by atoms with van der Waals surface area (Å²) in [5, 5.41) is 1.89. The Morgan fingerprint density at radius 2 is 1.92 bits per heavy atom. The standard InChI is InChI=1S/C6H12F3NS.ClH/c1-3-10-5(2)4-11-6(7,8)9;/h5,10H,3-4H2,1-2H3;1H. The van der Waals surface area contributed by atoms with E-state index in [1.807, 2.05) is 12.2 Å². The van der Waals surface area contributed by atoms with Crippen LogP contribution in [0, 0.1) is 0 Å². The third-order valence-corrected chi connectivity index (χ3v) is 2.17. The van der Waals surface area contributed by atoms with Gasteiger partial charge in [-0.1, -0.05) is 0 Å². The molecule has 0 fully saturated rings. The largest absolute Gasteiger partial charge is 1.00 e. The molecular weight excluding hydrogens is 211 g/mol. The fourth-order valence-electron chi connectivity index (χ4n) is 0.696. The van der Waals surface area contributed by atoms with E-state index >= 15 is 0 Å². The van der Waals surface area contributed by atoms with E-state index in [-0.39, 0.29) is 36.0 Å². The molecule has 1 unspecified atom stereocenters. The lowest BCUT2D eigenvalue weighted by molar-refractivity contribution is -0.678. The van der Waals surface area contributed by atoms with Gasteiger partial charge in [0.25, 0.3) is 0 Å². The van der Waals surface area contributed by atoms with Crippen molar-refractivity contribution in [3.8, 4) is 0 Å². The molecule has 0 bridgehead atoms. The third-order valence-electron chi connectivity index (χ3n) is 1.15. The minimum absolute atomic E-state index is 0. The van der Waals surface area contributed by atoms with Crippen molar-refractivity contribution in [2.24, 2.45) is 0 Å². The SMILES string of the molecule is CC[NH2+]C(C)CSC(F)(F)F.[Cl-]. The molecule has 0 aromatic heterocycles. The molecule has 76 valence electrons. The van der Waals surface area contributed by atoms with Crippen LogP contribution in [-0.4, -0.2) is 23.8 Å². The first-order chi connectivity index (χ1) is 4.95. The van der Waals surface area contributed by atoms with Crippen molar-refractivity contribution in [1.82, 2.24) is 0 Å². The lowest BCUT2D eigenvalue weighted by Gasteiger charge is -2.09. The number of thioether (sulfide) groups is 1. The number of alkyl halides is 3. The molecule has 2 N–H and O–H groups in total. The van der Waals surface area contributed by atoms with Gasteiger partial charge in [-0.2, -0.15) is 13.2 Å². The van der Waals surface area contributed by atoms with Crippen LogP contribution in [0.25, 0.3) is 0 Å². The summed E-state index contributed by atoms with van der Waals surface area (Å²) < 4.78 is 34.8. The molecule has 0 aliphatic carbocycles. The van der Waals surface area contributed by atoms with Crippen molar-refractivity contribution in [1.29, 1.82) is 0 Å². The number of rotatable bonds is 4. The van der Waals surface area contributed by atoms with Crippen molar-refractivity contribution in [2.75, 3.05) is 12.3 Å². The highest BCUT2D eigenvalue weighted by Gasteiger charge is 2.29. The summed E-state index contributed by atoms with van der Waals surface area (Å²) in [6, 6.07) is 0.0478. The summed E-state index contributed by atoms with van der Waals surface area (Å²) in [7, 11) is 0. The summed E-state index contributed by atoms with van der Waals surface area (Å²) >= 11 is 0.0504. The molecule has 0 aromatic rings. The maximum Gasteiger partial charge on any atom is 0.442 e. The monoisotopic (exact) mass is 223 g/mol. The summed E-state index contributed by atoms with van der Waals surface area (Å²) in [5.74, 6) is 0.136. The number of halogens is 4. The molecule has 0 amide bonds. The fraction of sp³-hybridized carbons (Fsp3) is 1.00. The Morgan fingerprint density at radius 1 is 1.42 bits per heavy atom. The molecule has 12 heavy (non-hydrogen) atoms. The first kappa shape index (κ1) is 14.9. The zero-order valence-corrected chi connectivity index (χ0v) is 8.56. The van der Waals surface area contributed by atoms with Gasteiger partial charge in [0.1, 0.15) is 0 Å². The van der Waals surface area contributed by atoms with Crippen molar-refractivity contribution < 1.29 is 30.9 Å². The number of hydrogen-bond donors (Lipinski definition) is 1. The first-order valence-electron chi connectivity index (χ1n) is 3.49. The molecule has 0 aromatic carbocycles. The maximum absolute atomic E-state index is 11.6. The van der Waals surface area contributed by atoms with Crippen molar-refractivity contribution in [2.45, 2.75) is 25.4 Å². The van der Waals surface area contributed by atoms with E-state index in [9.17, 15) is 13.2 Å². The zero-order chi connectivity index (χ0) is 8.91. The average molecular weight is 224 g/mol. The van der Waals surface area contributed by atoms with Crippen LogP contribution in [0.1, 0.15) is 13.8 Å². The smallest absolute Gasteiger partial charge is 0.442 e. The van der Waals surface area contributed by atoms with E-state index in [1.54, 1.807) is 6.92 Å². The molecule has 0 spiro atoms. The summed E-state index contributed by atoms with van der Waals surface area (Å²) in [6.07, 6.45) is 0. The average Bonchev–Trinajstić information content (AvgIpc) is 1.83. The number of nitrogens with two attached hydrogens (primary N) is 1. The Hall–Kier alpha value is 0.390. The predicted molar refractivity (Wildman–Crippen MR) is 40.4 cm³/mol.